The minimum absolute atomic E-state index is 0.0553. The quantitative estimate of drug-likeness (QED) is 0.641. The summed E-state index contributed by atoms with van der Waals surface area (Å²) in [6.45, 7) is -0.857. The Morgan fingerprint density at radius 2 is 1.68 bits per heavy atom. The molecule has 2 N–H and O–H groups in total. The van der Waals surface area contributed by atoms with E-state index >= 15 is 0 Å². The highest BCUT2D eigenvalue weighted by atomic mass is 19.4. The maximum atomic E-state index is 13.1. The molecule has 0 unspecified atom stereocenters. The summed E-state index contributed by atoms with van der Waals surface area (Å²) < 4.78 is 55.2. The summed E-state index contributed by atoms with van der Waals surface area (Å²) in [5, 5.41) is 19.1. The predicted octanol–water partition coefficient (Wildman–Crippen LogP) is 3.17. The van der Waals surface area contributed by atoms with E-state index in [0.29, 0.717) is 5.75 Å². The Labute approximate surface area is 161 Å². The first-order chi connectivity index (χ1) is 13.3. The lowest BCUT2D eigenvalue weighted by atomic mass is 10.1. The largest absolute Gasteiger partial charge is 0.497 e. The van der Waals surface area contributed by atoms with E-state index in [9.17, 15) is 23.4 Å². The zero-order chi connectivity index (χ0) is 20.6. The Morgan fingerprint density at radius 1 is 1.00 bits per heavy atom. The normalized spacial score (nSPS) is 13.9. The molecule has 2 aromatic rings. The standard InChI is InChI=1S/C20H23F3O5/c1-26-16-8-6-14(7-9-16)11-27-13-19(18(25)10-24)28-12-15-4-2-3-5-17(15)20(21,22)23/h2-9,18-19,24-25H,10-13H2,1H3/t18-,19+/m1/s1. The molecule has 0 spiro atoms. The molecule has 0 aliphatic heterocycles. The van der Waals surface area contributed by atoms with Gasteiger partial charge in [-0.2, -0.15) is 13.2 Å². The van der Waals surface area contributed by atoms with Crippen molar-refractivity contribution in [3.8, 4) is 5.75 Å². The second-order valence-corrected chi connectivity index (χ2v) is 6.12. The van der Waals surface area contributed by atoms with Gasteiger partial charge in [-0.05, 0) is 29.3 Å². The molecule has 154 valence electrons. The molecule has 2 aromatic carbocycles. The van der Waals surface area contributed by atoms with E-state index in [2.05, 4.69) is 0 Å². The highest BCUT2D eigenvalue weighted by Crippen LogP contribution is 2.32. The third-order valence-corrected chi connectivity index (χ3v) is 4.10. The van der Waals surface area contributed by atoms with Gasteiger partial charge in [0.15, 0.2) is 0 Å². The van der Waals surface area contributed by atoms with Crippen LogP contribution in [0, 0.1) is 0 Å². The first-order valence-electron chi connectivity index (χ1n) is 8.61. The molecule has 0 aliphatic rings. The first kappa shape index (κ1) is 22.2. The topological polar surface area (TPSA) is 68.2 Å². The van der Waals surface area contributed by atoms with Gasteiger partial charge < -0.3 is 24.4 Å². The van der Waals surface area contributed by atoms with E-state index < -0.39 is 30.6 Å². The third kappa shape index (κ3) is 6.49. The molecular weight excluding hydrogens is 377 g/mol. The molecule has 0 aliphatic carbocycles. The van der Waals surface area contributed by atoms with Crippen molar-refractivity contribution in [2.45, 2.75) is 31.6 Å². The second kappa shape index (κ2) is 10.4. The van der Waals surface area contributed by atoms with E-state index in [1.807, 2.05) is 0 Å². The summed E-state index contributed by atoms with van der Waals surface area (Å²) in [5.74, 6) is 0.698. The molecule has 0 fully saturated rings. The molecule has 0 saturated carbocycles. The summed E-state index contributed by atoms with van der Waals surface area (Å²) in [5.41, 5.74) is -0.00728. The van der Waals surface area contributed by atoms with Crippen LogP contribution in [0.15, 0.2) is 48.5 Å². The van der Waals surface area contributed by atoms with E-state index in [0.717, 1.165) is 11.6 Å². The van der Waals surface area contributed by atoms with Gasteiger partial charge in [0.05, 0.1) is 39.1 Å². The number of alkyl halides is 3. The van der Waals surface area contributed by atoms with Gasteiger partial charge >= 0.3 is 6.18 Å². The third-order valence-electron chi connectivity index (χ3n) is 4.10. The number of ether oxygens (including phenoxy) is 3. The predicted molar refractivity (Wildman–Crippen MR) is 95.8 cm³/mol. The Balaban J connectivity index is 1.95. The van der Waals surface area contributed by atoms with Gasteiger partial charge in [0.25, 0.3) is 0 Å². The highest BCUT2D eigenvalue weighted by molar-refractivity contribution is 5.29. The van der Waals surface area contributed by atoms with Gasteiger partial charge in [0, 0.05) is 0 Å². The van der Waals surface area contributed by atoms with Crippen LogP contribution in [0.4, 0.5) is 13.2 Å². The lowest BCUT2D eigenvalue weighted by molar-refractivity contribution is -0.140. The van der Waals surface area contributed by atoms with Gasteiger partial charge in [-0.1, -0.05) is 30.3 Å². The Morgan fingerprint density at radius 3 is 2.29 bits per heavy atom. The van der Waals surface area contributed by atoms with Crippen LogP contribution >= 0.6 is 0 Å². The summed E-state index contributed by atoms with van der Waals surface area (Å²) in [6.07, 6.45) is -6.77. The average molecular weight is 400 g/mol. The van der Waals surface area contributed by atoms with Crippen LogP contribution in [-0.4, -0.2) is 42.7 Å². The lowest BCUT2D eigenvalue weighted by Gasteiger charge is -2.23. The molecule has 2 atom stereocenters. The van der Waals surface area contributed by atoms with Crippen molar-refractivity contribution in [1.82, 2.24) is 0 Å². The number of benzene rings is 2. The monoisotopic (exact) mass is 400 g/mol. The zero-order valence-electron chi connectivity index (χ0n) is 15.4. The number of rotatable bonds is 10. The fourth-order valence-electron chi connectivity index (χ4n) is 2.52. The molecular formula is C20H23F3O5. The molecule has 2 rings (SSSR count). The van der Waals surface area contributed by atoms with E-state index in [4.69, 9.17) is 14.2 Å². The van der Waals surface area contributed by atoms with Crippen molar-refractivity contribution in [1.29, 1.82) is 0 Å². The van der Waals surface area contributed by atoms with Crippen LogP contribution in [0.25, 0.3) is 0 Å². The Bertz CT molecular complexity index is 719. The molecule has 0 amide bonds. The average Bonchev–Trinajstić information content (AvgIpc) is 2.70. The lowest BCUT2D eigenvalue weighted by Crippen LogP contribution is -2.36. The van der Waals surface area contributed by atoms with E-state index in [-0.39, 0.29) is 25.4 Å². The van der Waals surface area contributed by atoms with Crippen LogP contribution in [0.1, 0.15) is 16.7 Å². The molecule has 28 heavy (non-hydrogen) atoms. The van der Waals surface area contributed by atoms with Gasteiger partial charge in [0.2, 0.25) is 0 Å². The fraction of sp³-hybridized carbons (Fsp3) is 0.400. The van der Waals surface area contributed by atoms with Crippen LogP contribution in [0.5, 0.6) is 5.75 Å². The van der Waals surface area contributed by atoms with Crippen molar-refractivity contribution in [3.05, 3.63) is 65.2 Å². The second-order valence-electron chi connectivity index (χ2n) is 6.12. The molecule has 0 heterocycles. The molecule has 0 saturated heterocycles. The van der Waals surface area contributed by atoms with Gasteiger partial charge in [-0.15, -0.1) is 0 Å². The molecule has 5 nitrogen and oxygen atoms in total. The van der Waals surface area contributed by atoms with Crippen molar-refractivity contribution in [2.24, 2.45) is 0 Å². The smallest absolute Gasteiger partial charge is 0.416 e. The Kier molecular flexibility index (Phi) is 8.25. The van der Waals surface area contributed by atoms with Gasteiger partial charge in [0.1, 0.15) is 18.0 Å². The maximum Gasteiger partial charge on any atom is 0.416 e. The summed E-state index contributed by atoms with van der Waals surface area (Å²) in [7, 11) is 1.56. The van der Waals surface area contributed by atoms with Crippen LogP contribution in [0.3, 0.4) is 0 Å². The van der Waals surface area contributed by atoms with Gasteiger partial charge in [-0.3, -0.25) is 0 Å². The van der Waals surface area contributed by atoms with Crippen molar-refractivity contribution >= 4 is 0 Å². The van der Waals surface area contributed by atoms with Crippen molar-refractivity contribution in [2.75, 3.05) is 20.3 Å². The van der Waals surface area contributed by atoms with Crippen LogP contribution in [-0.2, 0) is 28.9 Å². The first-order valence-corrected chi connectivity index (χ1v) is 8.61. The minimum atomic E-state index is -4.50. The molecule has 0 bridgehead atoms. The number of aliphatic hydroxyl groups is 2. The number of hydrogen-bond acceptors (Lipinski definition) is 5. The van der Waals surface area contributed by atoms with Crippen LogP contribution in [0.2, 0.25) is 0 Å². The van der Waals surface area contributed by atoms with Gasteiger partial charge in [-0.25, -0.2) is 0 Å². The summed E-state index contributed by atoms with van der Waals surface area (Å²) in [6, 6.07) is 12.2. The van der Waals surface area contributed by atoms with Crippen molar-refractivity contribution in [3.63, 3.8) is 0 Å². The maximum absolute atomic E-state index is 13.1. The SMILES string of the molecule is COc1ccc(COC[C@H](OCc2ccccc2C(F)(F)F)[C@H](O)CO)cc1. The van der Waals surface area contributed by atoms with Crippen molar-refractivity contribution < 1.29 is 37.6 Å². The number of aliphatic hydroxyl groups excluding tert-OH is 2. The zero-order valence-corrected chi connectivity index (χ0v) is 15.4. The number of methoxy groups -OCH3 is 1. The molecule has 8 heteroatoms. The summed E-state index contributed by atoms with van der Waals surface area (Å²) in [4.78, 5) is 0. The number of halogens is 3. The van der Waals surface area contributed by atoms with Crippen LogP contribution < -0.4 is 4.74 Å². The molecule has 0 radical (unpaired) electrons. The van der Waals surface area contributed by atoms with E-state index in [1.54, 1.807) is 31.4 Å². The van der Waals surface area contributed by atoms with E-state index in [1.165, 1.54) is 18.2 Å². The minimum Gasteiger partial charge on any atom is -0.497 e. The fourth-order valence-corrected chi connectivity index (χ4v) is 2.52. The number of hydrogen-bond donors (Lipinski definition) is 2. The Hall–Kier alpha value is -2.13. The highest BCUT2D eigenvalue weighted by Gasteiger charge is 2.33. The molecule has 0 aromatic heterocycles. The summed E-state index contributed by atoms with van der Waals surface area (Å²) >= 11 is 0.